The molecule has 0 amide bonds. The average Bonchev–Trinajstić information content (AvgIpc) is 2.60. The Morgan fingerprint density at radius 3 is 2.68 bits per heavy atom. The number of nitrogens with one attached hydrogen (secondary N) is 1. The number of alkyl halides is 3. The Balaban J connectivity index is 1.72. The van der Waals surface area contributed by atoms with Gasteiger partial charge in [-0.1, -0.05) is 12.1 Å². The standard InChI is InChI=1S/C18H17F3N2OS/c1-24-16-6-5-12-7-8-23(11-13(12)9-16)17(25)22-15-4-2-3-14(10-15)18(19,20)21/h2-6,9-10H,7-8,11H2,1H3,(H,22,25). The van der Waals surface area contributed by atoms with Crippen LogP contribution in [0.1, 0.15) is 16.7 Å². The van der Waals surface area contributed by atoms with Crippen molar-refractivity contribution in [1.29, 1.82) is 0 Å². The summed E-state index contributed by atoms with van der Waals surface area (Å²) in [7, 11) is 1.61. The van der Waals surface area contributed by atoms with E-state index in [1.807, 2.05) is 23.1 Å². The number of thiocarbonyl (C=S) groups is 1. The van der Waals surface area contributed by atoms with Gasteiger partial charge in [0.1, 0.15) is 5.75 Å². The molecule has 0 aliphatic carbocycles. The molecule has 3 rings (SSSR count). The first kappa shape index (κ1) is 17.5. The number of halogens is 3. The smallest absolute Gasteiger partial charge is 0.416 e. The van der Waals surface area contributed by atoms with E-state index in [-0.39, 0.29) is 0 Å². The molecule has 1 heterocycles. The monoisotopic (exact) mass is 366 g/mol. The van der Waals surface area contributed by atoms with Gasteiger partial charge in [0.15, 0.2) is 5.11 Å². The number of hydrogen-bond donors (Lipinski definition) is 1. The molecular formula is C18H17F3N2OS. The molecule has 0 saturated carbocycles. The first-order valence-corrected chi connectivity index (χ1v) is 8.16. The molecule has 0 unspecified atom stereocenters. The largest absolute Gasteiger partial charge is 0.497 e. The van der Waals surface area contributed by atoms with E-state index >= 15 is 0 Å². The topological polar surface area (TPSA) is 24.5 Å². The molecule has 0 radical (unpaired) electrons. The molecule has 7 heteroatoms. The van der Waals surface area contributed by atoms with Gasteiger partial charge in [0.25, 0.3) is 0 Å². The van der Waals surface area contributed by atoms with E-state index in [0.717, 1.165) is 29.9 Å². The SMILES string of the molecule is COc1ccc2c(c1)CN(C(=S)Nc1cccc(C(F)(F)F)c1)CC2. The molecule has 0 spiro atoms. The molecule has 3 nitrogen and oxygen atoms in total. The number of anilines is 1. The third kappa shape index (κ3) is 4.04. The molecule has 25 heavy (non-hydrogen) atoms. The van der Waals surface area contributed by atoms with Crippen molar-refractivity contribution >= 4 is 23.0 Å². The Hall–Kier alpha value is -2.28. The molecule has 1 aliphatic heterocycles. The summed E-state index contributed by atoms with van der Waals surface area (Å²) in [6, 6.07) is 11.0. The number of methoxy groups -OCH3 is 1. The van der Waals surface area contributed by atoms with Gasteiger partial charge >= 0.3 is 6.18 Å². The zero-order chi connectivity index (χ0) is 18.0. The fraction of sp³-hybridized carbons (Fsp3) is 0.278. The molecular weight excluding hydrogens is 349 g/mol. The van der Waals surface area contributed by atoms with Crippen LogP contribution in [-0.2, 0) is 19.1 Å². The number of benzene rings is 2. The lowest BCUT2D eigenvalue weighted by Gasteiger charge is -2.31. The highest BCUT2D eigenvalue weighted by atomic mass is 32.1. The minimum atomic E-state index is -4.38. The minimum Gasteiger partial charge on any atom is -0.497 e. The Kier molecular flexibility index (Phi) is 4.85. The maximum Gasteiger partial charge on any atom is 0.416 e. The Labute approximate surface area is 149 Å². The highest BCUT2D eigenvalue weighted by molar-refractivity contribution is 7.80. The lowest BCUT2D eigenvalue weighted by Crippen LogP contribution is -2.38. The van der Waals surface area contributed by atoms with E-state index < -0.39 is 11.7 Å². The summed E-state index contributed by atoms with van der Waals surface area (Å²) >= 11 is 5.39. The summed E-state index contributed by atoms with van der Waals surface area (Å²) in [5, 5.41) is 3.32. The van der Waals surface area contributed by atoms with Gasteiger partial charge in [0.05, 0.1) is 12.7 Å². The zero-order valence-electron chi connectivity index (χ0n) is 13.6. The molecule has 2 aromatic rings. The second-order valence-electron chi connectivity index (χ2n) is 5.81. The fourth-order valence-corrected chi connectivity index (χ4v) is 3.08. The van der Waals surface area contributed by atoms with E-state index in [2.05, 4.69) is 5.32 Å². The Morgan fingerprint density at radius 1 is 1.16 bits per heavy atom. The van der Waals surface area contributed by atoms with Crippen LogP contribution in [0.3, 0.4) is 0 Å². The van der Waals surface area contributed by atoms with Gasteiger partial charge in [-0.3, -0.25) is 0 Å². The van der Waals surface area contributed by atoms with Gasteiger partial charge in [-0.25, -0.2) is 0 Å². The van der Waals surface area contributed by atoms with Crippen LogP contribution in [0.2, 0.25) is 0 Å². The van der Waals surface area contributed by atoms with Crippen molar-refractivity contribution < 1.29 is 17.9 Å². The first-order chi connectivity index (χ1) is 11.9. The minimum absolute atomic E-state index is 0.330. The predicted octanol–water partition coefficient (Wildman–Crippen LogP) is 4.47. The third-order valence-electron chi connectivity index (χ3n) is 4.15. The van der Waals surface area contributed by atoms with Gasteiger partial charge < -0.3 is 15.0 Å². The van der Waals surface area contributed by atoms with Crippen molar-refractivity contribution in [2.24, 2.45) is 0 Å². The van der Waals surface area contributed by atoms with Crippen LogP contribution in [0.4, 0.5) is 18.9 Å². The molecule has 0 bridgehead atoms. The first-order valence-electron chi connectivity index (χ1n) is 7.76. The molecule has 0 atom stereocenters. The summed E-state index contributed by atoms with van der Waals surface area (Å²) in [5.74, 6) is 0.775. The van der Waals surface area contributed by atoms with Crippen molar-refractivity contribution in [1.82, 2.24) is 4.90 Å². The maximum absolute atomic E-state index is 12.8. The zero-order valence-corrected chi connectivity index (χ0v) is 14.4. The Bertz CT molecular complexity index is 792. The molecule has 0 saturated heterocycles. The predicted molar refractivity (Wildman–Crippen MR) is 94.8 cm³/mol. The average molecular weight is 366 g/mol. The number of fused-ring (bicyclic) bond motifs is 1. The van der Waals surface area contributed by atoms with Crippen LogP contribution in [0.15, 0.2) is 42.5 Å². The van der Waals surface area contributed by atoms with Crippen LogP contribution in [0.5, 0.6) is 5.75 Å². The summed E-state index contributed by atoms with van der Waals surface area (Å²) in [6.07, 6.45) is -3.55. The van der Waals surface area contributed by atoms with Crippen molar-refractivity contribution in [3.8, 4) is 5.75 Å². The molecule has 132 valence electrons. The van der Waals surface area contributed by atoms with E-state index in [1.54, 1.807) is 13.2 Å². The van der Waals surface area contributed by atoms with Crippen LogP contribution in [-0.4, -0.2) is 23.7 Å². The molecule has 1 aliphatic rings. The number of ether oxygens (including phenoxy) is 1. The van der Waals surface area contributed by atoms with Gasteiger partial charge in [-0.05, 0) is 60.1 Å². The molecule has 2 aromatic carbocycles. The lowest BCUT2D eigenvalue weighted by atomic mass is 10.00. The van der Waals surface area contributed by atoms with Crippen molar-refractivity contribution in [2.75, 3.05) is 19.0 Å². The number of hydrogen-bond acceptors (Lipinski definition) is 2. The second-order valence-corrected chi connectivity index (χ2v) is 6.20. The van der Waals surface area contributed by atoms with Crippen LogP contribution in [0, 0.1) is 0 Å². The molecule has 0 aromatic heterocycles. The highest BCUT2D eigenvalue weighted by Gasteiger charge is 2.30. The Morgan fingerprint density at radius 2 is 1.96 bits per heavy atom. The highest BCUT2D eigenvalue weighted by Crippen LogP contribution is 2.31. The maximum atomic E-state index is 12.8. The lowest BCUT2D eigenvalue weighted by molar-refractivity contribution is -0.137. The van der Waals surface area contributed by atoms with E-state index in [4.69, 9.17) is 17.0 Å². The summed E-state index contributed by atoms with van der Waals surface area (Å²) in [5.41, 5.74) is 1.98. The quantitative estimate of drug-likeness (QED) is 0.793. The number of rotatable bonds is 2. The fourth-order valence-electron chi connectivity index (χ4n) is 2.81. The van der Waals surface area contributed by atoms with Crippen molar-refractivity contribution in [3.63, 3.8) is 0 Å². The normalized spacial score (nSPS) is 14.0. The van der Waals surface area contributed by atoms with Gasteiger partial charge in [0.2, 0.25) is 0 Å². The van der Waals surface area contributed by atoms with Crippen LogP contribution >= 0.6 is 12.2 Å². The van der Waals surface area contributed by atoms with Gasteiger partial charge in [0, 0.05) is 18.8 Å². The van der Waals surface area contributed by atoms with Crippen LogP contribution < -0.4 is 10.1 Å². The van der Waals surface area contributed by atoms with Crippen molar-refractivity contribution in [2.45, 2.75) is 19.1 Å². The van der Waals surface area contributed by atoms with Gasteiger partial charge in [-0.15, -0.1) is 0 Å². The van der Waals surface area contributed by atoms with Gasteiger partial charge in [-0.2, -0.15) is 13.2 Å². The van der Waals surface area contributed by atoms with Crippen molar-refractivity contribution in [3.05, 3.63) is 59.2 Å². The van der Waals surface area contributed by atoms with Crippen LogP contribution in [0.25, 0.3) is 0 Å². The number of nitrogens with zero attached hydrogens (tertiary/aromatic N) is 1. The molecule has 1 N–H and O–H groups in total. The summed E-state index contributed by atoms with van der Waals surface area (Å²) in [4.78, 5) is 1.94. The second kappa shape index (κ2) is 6.92. The summed E-state index contributed by atoms with van der Waals surface area (Å²) in [6.45, 7) is 1.31. The van der Waals surface area contributed by atoms with E-state index in [0.29, 0.717) is 23.9 Å². The van der Waals surface area contributed by atoms with E-state index in [1.165, 1.54) is 11.6 Å². The third-order valence-corrected chi connectivity index (χ3v) is 4.51. The van der Waals surface area contributed by atoms with E-state index in [9.17, 15) is 13.2 Å². The molecule has 0 fully saturated rings. The summed E-state index contributed by atoms with van der Waals surface area (Å²) < 4.78 is 43.7.